The summed E-state index contributed by atoms with van der Waals surface area (Å²) in [6, 6.07) is 12.5. The van der Waals surface area contributed by atoms with Gasteiger partial charge >= 0.3 is 0 Å². The number of piperidine rings is 1. The maximum absolute atomic E-state index is 13.2. The Morgan fingerprint density at radius 3 is 2.83 bits per heavy atom. The molecule has 0 spiro atoms. The van der Waals surface area contributed by atoms with Gasteiger partial charge in [-0.2, -0.15) is 4.98 Å². The van der Waals surface area contributed by atoms with Gasteiger partial charge in [0.25, 0.3) is 0 Å². The molecule has 6 nitrogen and oxygen atoms in total. The highest BCUT2D eigenvalue weighted by Crippen LogP contribution is 2.34. The van der Waals surface area contributed by atoms with Crippen LogP contribution in [0.25, 0.3) is 10.7 Å². The normalized spacial score (nSPS) is 20.2. The van der Waals surface area contributed by atoms with E-state index in [0.717, 1.165) is 42.9 Å². The molecule has 0 aliphatic carbocycles. The number of amides is 1. The van der Waals surface area contributed by atoms with E-state index in [0.29, 0.717) is 18.3 Å². The third-order valence-corrected chi connectivity index (χ3v) is 6.82. The van der Waals surface area contributed by atoms with Gasteiger partial charge in [0.05, 0.1) is 11.4 Å². The van der Waals surface area contributed by atoms with E-state index in [1.54, 1.807) is 11.3 Å². The van der Waals surface area contributed by atoms with E-state index in [1.807, 2.05) is 28.5 Å². The lowest BCUT2D eigenvalue weighted by Gasteiger charge is -2.34. The molecule has 1 fully saturated rings. The monoisotopic (exact) mass is 408 g/mol. The molecule has 1 aromatic carbocycles. The topological polar surface area (TPSA) is 62.5 Å². The van der Waals surface area contributed by atoms with Gasteiger partial charge in [0.2, 0.25) is 17.6 Å². The number of aromatic nitrogens is 2. The van der Waals surface area contributed by atoms with E-state index in [1.165, 1.54) is 5.56 Å². The number of nitrogens with zero attached hydrogens (tertiary/aromatic N) is 4. The van der Waals surface area contributed by atoms with Crippen molar-refractivity contribution in [2.24, 2.45) is 5.92 Å². The first kappa shape index (κ1) is 18.5. The van der Waals surface area contributed by atoms with Gasteiger partial charge in [-0.15, -0.1) is 11.3 Å². The SMILES string of the molecule is CC1Cc2ccccc2N1C(=O)C1CCN(Cc2nc(-c3cccs3)no2)CC1. The molecule has 1 amide bonds. The third-order valence-electron chi connectivity index (χ3n) is 5.95. The molecule has 0 saturated carbocycles. The van der Waals surface area contributed by atoms with Crippen molar-refractivity contribution < 1.29 is 9.32 Å². The second-order valence-electron chi connectivity index (χ2n) is 7.93. The number of para-hydroxylation sites is 1. The Balaban J connectivity index is 1.19. The molecule has 150 valence electrons. The van der Waals surface area contributed by atoms with Crippen LogP contribution < -0.4 is 4.90 Å². The molecule has 3 aromatic rings. The molecule has 5 rings (SSSR count). The van der Waals surface area contributed by atoms with Crippen LogP contribution in [0.5, 0.6) is 0 Å². The van der Waals surface area contributed by atoms with Crippen molar-refractivity contribution in [3.63, 3.8) is 0 Å². The van der Waals surface area contributed by atoms with E-state index in [2.05, 4.69) is 40.2 Å². The first-order chi connectivity index (χ1) is 14.2. The summed E-state index contributed by atoms with van der Waals surface area (Å²) in [6.45, 7) is 4.53. The maximum atomic E-state index is 13.2. The standard InChI is InChI=1S/C22H24N4O2S/c1-15-13-17-5-2-3-6-18(17)26(15)22(27)16-8-10-25(11-9-16)14-20-23-21(24-28-20)19-7-4-12-29-19/h2-7,12,15-16H,8-11,13-14H2,1H3. The van der Waals surface area contributed by atoms with E-state index < -0.39 is 0 Å². The zero-order valence-electron chi connectivity index (χ0n) is 16.5. The second kappa shape index (κ2) is 7.72. The van der Waals surface area contributed by atoms with E-state index >= 15 is 0 Å². The first-order valence-corrected chi connectivity index (χ1v) is 11.1. The van der Waals surface area contributed by atoms with Gasteiger partial charge in [0, 0.05) is 17.6 Å². The molecule has 2 aromatic heterocycles. The third kappa shape index (κ3) is 3.60. The van der Waals surface area contributed by atoms with Crippen molar-refractivity contribution >= 4 is 22.9 Å². The lowest BCUT2D eigenvalue weighted by Crippen LogP contribution is -2.44. The van der Waals surface area contributed by atoms with Crippen LogP contribution in [-0.2, 0) is 17.8 Å². The number of rotatable bonds is 4. The summed E-state index contributed by atoms with van der Waals surface area (Å²) < 4.78 is 5.43. The fourth-order valence-corrected chi connectivity index (χ4v) is 5.10. The van der Waals surface area contributed by atoms with Crippen LogP contribution in [0.4, 0.5) is 5.69 Å². The van der Waals surface area contributed by atoms with Crippen molar-refractivity contribution in [2.45, 2.75) is 38.8 Å². The van der Waals surface area contributed by atoms with E-state index in [4.69, 9.17) is 4.52 Å². The summed E-state index contributed by atoms with van der Waals surface area (Å²) in [5, 5.41) is 6.09. The van der Waals surface area contributed by atoms with Gasteiger partial charge in [0.1, 0.15) is 0 Å². The smallest absolute Gasteiger partial charge is 0.241 e. The Hall–Kier alpha value is -2.51. The van der Waals surface area contributed by atoms with Crippen LogP contribution in [0.2, 0.25) is 0 Å². The van der Waals surface area contributed by atoms with Crippen molar-refractivity contribution in [1.82, 2.24) is 15.0 Å². The quantitative estimate of drug-likeness (QED) is 0.653. The fourth-order valence-electron chi connectivity index (χ4n) is 4.45. The Labute approximate surface area is 174 Å². The highest BCUT2D eigenvalue weighted by Gasteiger charge is 2.36. The summed E-state index contributed by atoms with van der Waals surface area (Å²) in [6.07, 6.45) is 2.69. The van der Waals surface area contributed by atoms with Crippen LogP contribution in [0.1, 0.15) is 31.2 Å². The second-order valence-corrected chi connectivity index (χ2v) is 8.88. The number of fused-ring (bicyclic) bond motifs is 1. The van der Waals surface area contributed by atoms with Gasteiger partial charge in [0.15, 0.2) is 0 Å². The largest absolute Gasteiger partial charge is 0.338 e. The molecule has 0 N–H and O–H groups in total. The van der Waals surface area contributed by atoms with Crippen LogP contribution >= 0.6 is 11.3 Å². The summed E-state index contributed by atoms with van der Waals surface area (Å²) in [7, 11) is 0. The molecule has 1 unspecified atom stereocenters. The van der Waals surface area contributed by atoms with Crippen molar-refractivity contribution in [3.05, 3.63) is 53.2 Å². The molecule has 2 aliphatic heterocycles. The Kier molecular flexibility index (Phi) is 4.93. The maximum Gasteiger partial charge on any atom is 0.241 e. The van der Waals surface area contributed by atoms with Crippen LogP contribution in [0.15, 0.2) is 46.3 Å². The highest BCUT2D eigenvalue weighted by molar-refractivity contribution is 7.13. The lowest BCUT2D eigenvalue weighted by molar-refractivity contribution is -0.124. The Morgan fingerprint density at radius 1 is 1.21 bits per heavy atom. The first-order valence-electron chi connectivity index (χ1n) is 10.2. The number of thiophene rings is 1. The highest BCUT2D eigenvalue weighted by atomic mass is 32.1. The fraction of sp³-hybridized carbons (Fsp3) is 0.409. The minimum absolute atomic E-state index is 0.0872. The van der Waals surface area contributed by atoms with Gasteiger partial charge in [-0.25, -0.2) is 0 Å². The molecule has 2 aliphatic rings. The number of hydrogen-bond acceptors (Lipinski definition) is 6. The Bertz CT molecular complexity index is 992. The number of carbonyl (C=O) groups excluding carboxylic acids is 1. The summed E-state index contributed by atoms with van der Waals surface area (Å²) >= 11 is 1.61. The number of carbonyl (C=O) groups is 1. The number of hydrogen-bond donors (Lipinski definition) is 0. The molecular formula is C22H24N4O2S. The van der Waals surface area contributed by atoms with E-state index in [9.17, 15) is 4.79 Å². The van der Waals surface area contributed by atoms with Crippen molar-refractivity contribution in [1.29, 1.82) is 0 Å². The number of benzene rings is 1. The number of anilines is 1. The van der Waals surface area contributed by atoms with Crippen molar-refractivity contribution in [2.75, 3.05) is 18.0 Å². The molecule has 1 atom stereocenters. The Morgan fingerprint density at radius 2 is 2.03 bits per heavy atom. The minimum Gasteiger partial charge on any atom is -0.338 e. The zero-order chi connectivity index (χ0) is 19.8. The minimum atomic E-state index is 0.0872. The average molecular weight is 409 g/mol. The zero-order valence-corrected chi connectivity index (χ0v) is 17.3. The lowest BCUT2D eigenvalue weighted by atomic mass is 9.95. The molecule has 1 saturated heterocycles. The molecule has 29 heavy (non-hydrogen) atoms. The summed E-state index contributed by atoms with van der Waals surface area (Å²) in [5.74, 6) is 1.66. The van der Waals surface area contributed by atoms with Gasteiger partial charge in [-0.05, 0) is 62.4 Å². The van der Waals surface area contributed by atoms with Crippen LogP contribution in [0, 0.1) is 5.92 Å². The predicted molar refractivity (Wildman–Crippen MR) is 113 cm³/mol. The van der Waals surface area contributed by atoms with E-state index in [-0.39, 0.29) is 17.9 Å². The summed E-state index contributed by atoms with van der Waals surface area (Å²) in [4.78, 5) is 23.1. The van der Waals surface area contributed by atoms with Gasteiger partial charge in [-0.1, -0.05) is 29.4 Å². The molecule has 0 radical (unpaired) electrons. The average Bonchev–Trinajstić information content (AvgIpc) is 3.47. The molecule has 7 heteroatoms. The molecular weight excluding hydrogens is 384 g/mol. The van der Waals surface area contributed by atoms with Crippen LogP contribution in [0.3, 0.4) is 0 Å². The summed E-state index contributed by atoms with van der Waals surface area (Å²) in [5.41, 5.74) is 2.38. The van der Waals surface area contributed by atoms with Gasteiger partial charge < -0.3 is 9.42 Å². The van der Waals surface area contributed by atoms with Crippen LogP contribution in [-0.4, -0.2) is 40.1 Å². The molecule has 0 bridgehead atoms. The molecule has 4 heterocycles. The number of likely N-dealkylation sites (tertiary alicyclic amines) is 1. The van der Waals surface area contributed by atoms with Gasteiger partial charge in [-0.3, -0.25) is 9.69 Å². The predicted octanol–water partition coefficient (Wildman–Crippen LogP) is 3.99. The van der Waals surface area contributed by atoms with Crippen molar-refractivity contribution in [3.8, 4) is 10.7 Å².